The van der Waals surface area contributed by atoms with Crippen molar-refractivity contribution in [1.29, 1.82) is 0 Å². The zero-order valence-corrected chi connectivity index (χ0v) is 12.1. The Morgan fingerprint density at radius 3 is 2.50 bits per heavy atom. The molecule has 3 nitrogen and oxygen atoms in total. The molecule has 0 aliphatic carbocycles. The van der Waals surface area contributed by atoms with Gasteiger partial charge in [-0.3, -0.25) is 0 Å². The highest BCUT2D eigenvalue weighted by atomic mass is 32.1. The maximum Gasteiger partial charge on any atom is 0.416 e. The Kier molecular flexibility index (Phi) is 4.87. The molecular weight excluding hydrogens is 313 g/mol. The van der Waals surface area contributed by atoms with Crippen molar-refractivity contribution in [3.05, 3.63) is 59.7 Å². The largest absolute Gasteiger partial charge is 0.508 e. The highest BCUT2D eigenvalue weighted by molar-refractivity contribution is 7.80. The first-order valence-electron chi connectivity index (χ1n) is 6.34. The quantitative estimate of drug-likeness (QED) is 0.749. The Balaban J connectivity index is 1.94. The van der Waals surface area contributed by atoms with Crippen molar-refractivity contribution in [2.45, 2.75) is 12.7 Å². The number of anilines is 1. The summed E-state index contributed by atoms with van der Waals surface area (Å²) < 4.78 is 37.8. The van der Waals surface area contributed by atoms with Gasteiger partial charge in [0.25, 0.3) is 0 Å². The van der Waals surface area contributed by atoms with E-state index in [0.29, 0.717) is 11.3 Å². The summed E-state index contributed by atoms with van der Waals surface area (Å²) in [5.74, 6) is 0.0886. The predicted octanol–water partition coefficient (Wildman–Crippen LogP) is 3.90. The van der Waals surface area contributed by atoms with Gasteiger partial charge in [-0.1, -0.05) is 18.2 Å². The number of rotatable bonds is 3. The van der Waals surface area contributed by atoms with Gasteiger partial charge in [0.15, 0.2) is 5.11 Å². The first-order chi connectivity index (χ1) is 10.3. The van der Waals surface area contributed by atoms with Crippen molar-refractivity contribution in [3.8, 4) is 5.75 Å². The molecule has 0 spiro atoms. The number of phenols is 1. The summed E-state index contributed by atoms with van der Waals surface area (Å²) in [6, 6.07) is 11.4. The summed E-state index contributed by atoms with van der Waals surface area (Å²) in [5.41, 5.74) is 0.357. The molecule has 0 amide bonds. The van der Waals surface area contributed by atoms with E-state index >= 15 is 0 Å². The second-order valence-electron chi connectivity index (χ2n) is 4.56. The van der Waals surface area contributed by atoms with Crippen molar-refractivity contribution in [1.82, 2.24) is 5.32 Å². The molecule has 0 fully saturated rings. The van der Waals surface area contributed by atoms with Gasteiger partial charge in [0.1, 0.15) is 5.75 Å². The molecule has 0 aromatic heterocycles. The third-order valence-corrected chi connectivity index (χ3v) is 3.06. The fraction of sp³-hybridized carbons (Fsp3) is 0.133. The van der Waals surface area contributed by atoms with Crippen LogP contribution < -0.4 is 10.6 Å². The number of nitrogens with one attached hydrogen (secondary N) is 2. The van der Waals surface area contributed by atoms with Crippen LogP contribution in [0.2, 0.25) is 0 Å². The molecule has 0 atom stereocenters. The van der Waals surface area contributed by atoms with Crippen LogP contribution in [0, 0.1) is 0 Å². The van der Waals surface area contributed by atoms with Gasteiger partial charge in [0.05, 0.1) is 5.56 Å². The van der Waals surface area contributed by atoms with Gasteiger partial charge in [-0.15, -0.1) is 0 Å². The number of halogens is 3. The average Bonchev–Trinajstić information content (AvgIpc) is 2.45. The molecule has 0 saturated heterocycles. The van der Waals surface area contributed by atoms with Crippen LogP contribution in [0.1, 0.15) is 11.1 Å². The van der Waals surface area contributed by atoms with Gasteiger partial charge in [0.2, 0.25) is 0 Å². The Labute approximate surface area is 130 Å². The van der Waals surface area contributed by atoms with Crippen LogP contribution in [-0.2, 0) is 12.7 Å². The van der Waals surface area contributed by atoms with Crippen LogP contribution in [-0.4, -0.2) is 10.2 Å². The van der Waals surface area contributed by atoms with E-state index in [-0.39, 0.29) is 17.4 Å². The maximum absolute atomic E-state index is 12.6. The first kappa shape index (κ1) is 16.1. The van der Waals surface area contributed by atoms with Crippen LogP contribution in [0.25, 0.3) is 0 Å². The SMILES string of the molecule is Oc1cccc(NC(=S)NCc2cccc(C(F)(F)F)c2)c1. The van der Waals surface area contributed by atoms with Crippen molar-refractivity contribution < 1.29 is 18.3 Å². The molecule has 7 heteroatoms. The highest BCUT2D eigenvalue weighted by Crippen LogP contribution is 2.29. The molecule has 0 unspecified atom stereocenters. The van der Waals surface area contributed by atoms with E-state index in [9.17, 15) is 18.3 Å². The molecule has 2 rings (SSSR count). The fourth-order valence-corrected chi connectivity index (χ4v) is 1.99. The second-order valence-corrected chi connectivity index (χ2v) is 4.96. The van der Waals surface area contributed by atoms with Crippen molar-refractivity contribution in [2.75, 3.05) is 5.32 Å². The summed E-state index contributed by atoms with van der Waals surface area (Å²) in [6.45, 7) is 0.161. The van der Waals surface area contributed by atoms with Gasteiger partial charge in [-0.25, -0.2) is 0 Å². The number of thiocarbonyl (C=S) groups is 1. The lowest BCUT2D eigenvalue weighted by atomic mass is 10.1. The van der Waals surface area contributed by atoms with E-state index in [1.54, 1.807) is 18.2 Å². The van der Waals surface area contributed by atoms with E-state index in [2.05, 4.69) is 10.6 Å². The molecule has 0 aliphatic heterocycles. The number of aromatic hydroxyl groups is 1. The standard InChI is InChI=1S/C15H13F3N2OS/c16-15(17,18)11-4-1-3-10(7-11)9-19-14(22)20-12-5-2-6-13(21)8-12/h1-8,21H,9H2,(H2,19,20,22). The minimum absolute atomic E-state index is 0.0886. The van der Waals surface area contributed by atoms with Gasteiger partial charge in [0, 0.05) is 18.3 Å². The Bertz CT molecular complexity index is 674. The van der Waals surface area contributed by atoms with Crippen LogP contribution in [0.5, 0.6) is 5.75 Å². The summed E-state index contributed by atoms with van der Waals surface area (Å²) in [5, 5.41) is 15.2. The monoisotopic (exact) mass is 326 g/mol. The second kappa shape index (κ2) is 6.65. The fourth-order valence-electron chi connectivity index (χ4n) is 1.80. The third kappa shape index (κ3) is 4.63. The average molecular weight is 326 g/mol. The highest BCUT2D eigenvalue weighted by Gasteiger charge is 2.30. The molecule has 3 N–H and O–H groups in total. The number of hydrogen-bond donors (Lipinski definition) is 3. The molecule has 116 valence electrons. The Hall–Kier alpha value is -2.28. The number of hydrogen-bond acceptors (Lipinski definition) is 2. The maximum atomic E-state index is 12.6. The molecule has 0 saturated carbocycles. The molecule has 2 aromatic rings. The minimum atomic E-state index is -4.36. The van der Waals surface area contributed by atoms with Crippen LogP contribution in [0.3, 0.4) is 0 Å². The van der Waals surface area contributed by atoms with Crippen molar-refractivity contribution in [2.24, 2.45) is 0 Å². The van der Waals surface area contributed by atoms with Gasteiger partial charge in [-0.2, -0.15) is 13.2 Å². The normalized spacial score (nSPS) is 11.0. The molecule has 0 heterocycles. The summed E-state index contributed by atoms with van der Waals surface area (Å²) >= 11 is 5.06. The summed E-state index contributed by atoms with van der Waals surface area (Å²) in [7, 11) is 0. The van der Waals surface area contributed by atoms with Gasteiger partial charge in [-0.05, 0) is 42.0 Å². The van der Waals surface area contributed by atoms with Crippen molar-refractivity contribution in [3.63, 3.8) is 0 Å². The molecular formula is C15H13F3N2OS. The lowest BCUT2D eigenvalue weighted by Gasteiger charge is -2.12. The summed E-state index contributed by atoms with van der Waals surface area (Å²) in [4.78, 5) is 0. The van der Waals surface area contributed by atoms with E-state index < -0.39 is 11.7 Å². The lowest BCUT2D eigenvalue weighted by Crippen LogP contribution is -2.27. The molecule has 22 heavy (non-hydrogen) atoms. The zero-order chi connectivity index (χ0) is 16.2. The molecule has 2 aromatic carbocycles. The first-order valence-corrected chi connectivity index (χ1v) is 6.75. The van der Waals surface area contributed by atoms with Crippen LogP contribution in [0.4, 0.5) is 18.9 Å². The lowest BCUT2D eigenvalue weighted by molar-refractivity contribution is -0.137. The van der Waals surface area contributed by atoms with Crippen LogP contribution in [0.15, 0.2) is 48.5 Å². The smallest absolute Gasteiger partial charge is 0.416 e. The Morgan fingerprint density at radius 1 is 1.09 bits per heavy atom. The number of alkyl halides is 3. The molecule has 0 aliphatic rings. The number of benzene rings is 2. The number of phenolic OH excluding ortho intramolecular Hbond substituents is 1. The van der Waals surface area contributed by atoms with E-state index in [1.807, 2.05) is 0 Å². The van der Waals surface area contributed by atoms with E-state index in [0.717, 1.165) is 12.1 Å². The van der Waals surface area contributed by atoms with Gasteiger partial charge >= 0.3 is 6.18 Å². The third-order valence-electron chi connectivity index (χ3n) is 2.81. The zero-order valence-electron chi connectivity index (χ0n) is 11.3. The van der Waals surface area contributed by atoms with E-state index in [1.165, 1.54) is 18.2 Å². The predicted molar refractivity (Wildman–Crippen MR) is 82.6 cm³/mol. The molecule has 0 radical (unpaired) electrons. The Morgan fingerprint density at radius 2 is 1.82 bits per heavy atom. The van der Waals surface area contributed by atoms with Gasteiger partial charge < -0.3 is 15.7 Å². The van der Waals surface area contributed by atoms with E-state index in [4.69, 9.17) is 12.2 Å². The van der Waals surface area contributed by atoms with Crippen molar-refractivity contribution >= 4 is 23.0 Å². The topological polar surface area (TPSA) is 44.3 Å². The van der Waals surface area contributed by atoms with Crippen LogP contribution >= 0.6 is 12.2 Å². The summed E-state index contributed by atoms with van der Waals surface area (Å²) in [6.07, 6.45) is -4.36. The minimum Gasteiger partial charge on any atom is -0.508 e. The molecule has 0 bridgehead atoms.